The SMILES string of the molecule is CCCC1(O)CN(C(=O)CCC(C)CCN)C1. The fourth-order valence-electron chi connectivity index (χ4n) is 2.42. The van der Waals surface area contributed by atoms with Gasteiger partial charge in [-0.05, 0) is 31.7 Å². The zero-order valence-corrected chi connectivity index (χ0v) is 11.1. The van der Waals surface area contributed by atoms with Crippen molar-refractivity contribution < 1.29 is 9.90 Å². The molecule has 4 heteroatoms. The Kier molecular flexibility index (Phi) is 5.40. The van der Waals surface area contributed by atoms with Gasteiger partial charge in [-0.3, -0.25) is 4.79 Å². The van der Waals surface area contributed by atoms with Crippen molar-refractivity contribution in [3.8, 4) is 0 Å². The molecule has 1 aliphatic heterocycles. The molecule has 0 aliphatic carbocycles. The van der Waals surface area contributed by atoms with Gasteiger partial charge in [0, 0.05) is 6.42 Å². The van der Waals surface area contributed by atoms with E-state index in [1.165, 1.54) is 0 Å². The summed E-state index contributed by atoms with van der Waals surface area (Å²) in [4.78, 5) is 13.6. The summed E-state index contributed by atoms with van der Waals surface area (Å²) in [5, 5.41) is 9.98. The third-order valence-corrected chi connectivity index (χ3v) is 3.55. The second-order valence-corrected chi connectivity index (χ2v) is 5.45. The average Bonchev–Trinajstić information content (AvgIpc) is 2.23. The van der Waals surface area contributed by atoms with Crippen LogP contribution in [0.1, 0.15) is 46.0 Å². The Balaban J connectivity index is 2.19. The van der Waals surface area contributed by atoms with Gasteiger partial charge in [0.1, 0.15) is 0 Å². The summed E-state index contributed by atoms with van der Waals surface area (Å²) in [6, 6.07) is 0. The largest absolute Gasteiger partial charge is 0.386 e. The van der Waals surface area contributed by atoms with Crippen molar-refractivity contribution in [3.63, 3.8) is 0 Å². The number of nitrogens with zero attached hydrogens (tertiary/aromatic N) is 1. The van der Waals surface area contributed by atoms with E-state index in [0.717, 1.165) is 25.7 Å². The highest BCUT2D eigenvalue weighted by Crippen LogP contribution is 2.26. The van der Waals surface area contributed by atoms with E-state index in [1.807, 2.05) is 0 Å². The van der Waals surface area contributed by atoms with Crippen molar-refractivity contribution >= 4 is 5.91 Å². The minimum absolute atomic E-state index is 0.176. The van der Waals surface area contributed by atoms with E-state index in [4.69, 9.17) is 5.73 Å². The van der Waals surface area contributed by atoms with Crippen LogP contribution >= 0.6 is 0 Å². The van der Waals surface area contributed by atoms with Crippen LogP contribution in [-0.2, 0) is 4.79 Å². The summed E-state index contributed by atoms with van der Waals surface area (Å²) in [6.45, 7) is 5.91. The Morgan fingerprint density at radius 1 is 1.47 bits per heavy atom. The lowest BCUT2D eigenvalue weighted by atomic mass is 9.88. The first-order chi connectivity index (χ1) is 8.00. The van der Waals surface area contributed by atoms with Gasteiger partial charge in [-0.2, -0.15) is 0 Å². The Morgan fingerprint density at radius 2 is 2.12 bits per heavy atom. The molecule has 1 fully saturated rings. The van der Waals surface area contributed by atoms with Crippen LogP contribution < -0.4 is 5.73 Å². The maximum atomic E-state index is 11.8. The maximum absolute atomic E-state index is 11.8. The molecule has 100 valence electrons. The van der Waals surface area contributed by atoms with Crippen molar-refractivity contribution in [2.75, 3.05) is 19.6 Å². The molecule has 17 heavy (non-hydrogen) atoms. The summed E-state index contributed by atoms with van der Waals surface area (Å²) in [6.07, 6.45) is 4.22. The Morgan fingerprint density at radius 3 is 2.65 bits per heavy atom. The molecule has 1 aliphatic rings. The summed E-state index contributed by atoms with van der Waals surface area (Å²) in [5.74, 6) is 0.689. The number of hydrogen-bond acceptors (Lipinski definition) is 3. The molecule has 1 unspecified atom stereocenters. The van der Waals surface area contributed by atoms with E-state index in [2.05, 4.69) is 13.8 Å². The molecule has 1 atom stereocenters. The molecule has 0 spiro atoms. The van der Waals surface area contributed by atoms with E-state index in [0.29, 0.717) is 32.0 Å². The predicted octanol–water partition coefficient (Wildman–Crippen LogP) is 1.12. The van der Waals surface area contributed by atoms with Crippen LogP contribution in [0, 0.1) is 5.92 Å². The quantitative estimate of drug-likeness (QED) is 0.703. The second kappa shape index (κ2) is 6.36. The molecular formula is C13H26N2O2. The van der Waals surface area contributed by atoms with Gasteiger partial charge < -0.3 is 15.7 Å². The Labute approximate surface area is 104 Å². The van der Waals surface area contributed by atoms with Crippen LogP contribution in [0.25, 0.3) is 0 Å². The molecule has 0 aromatic carbocycles. The van der Waals surface area contributed by atoms with Crippen molar-refractivity contribution in [1.82, 2.24) is 4.90 Å². The summed E-state index contributed by atoms with van der Waals surface area (Å²) in [5.41, 5.74) is 4.87. The van der Waals surface area contributed by atoms with Gasteiger partial charge in [0.2, 0.25) is 5.91 Å². The van der Waals surface area contributed by atoms with Crippen LogP contribution in [0.4, 0.5) is 0 Å². The molecule has 1 amide bonds. The molecule has 0 radical (unpaired) electrons. The van der Waals surface area contributed by atoms with Gasteiger partial charge in [-0.25, -0.2) is 0 Å². The van der Waals surface area contributed by atoms with Gasteiger partial charge in [0.25, 0.3) is 0 Å². The third-order valence-electron chi connectivity index (χ3n) is 3.55. The number of amides is 1. The van der Waals surface area contributed by atoms with Gasteiger partial charge in [0.15, 0.2) is 0 Å². The smallest absolute Gasteiger partial charge is 0.222 e. The van der Waals surface area contributed by atoms with Crippen LogP contribution in [0.15, 0.2) is 0 Å². The molecule has 1 rings (SSSR count). The lowest BCUT2D eigenvalue weighted by Crippen LogP contribution is -2.63. The zero-order valence-electron chi connectivity index (χ0n) is 11.1. The number of β-amino-alcohol motifs (C(OH)–C–C–N with tert-alkyl or cyclic N) is 1. The number of nitrogens with two attached hydrogens (primary N) is 1. The lowest BCUT2D eigenvalue weighted by Gasteiger charge is -2.46. The van der Waals surface area contributed by atoms with Crippen LogP contribution in [0.5, 0.6) is 0 Å². The highest BCUT2D eigenvalue weighted by Gasteiger charge is 2.42. The van der Waals surface area contributed by atoms with E-state index in [1.54, 1.807) is 4.90 Å². The zero-order chi connectivity index (χ0) is 12.9. The molecule has 3 N–H and O–H groups in total. The summed E-state index contributed by atoms with van der Waals surface area (Å²) < 4.78 is 0. The Bertz CT molecular complexity index is 250. The van der Waals surface area contributed by atoms with Gasteiger partial charge >= 0.3 is 0 Å². The predicted molar refractivity (Wildman–Crippen MR) is 68.5 cm³/mol. The summed E-state index contributed by atoms with van der Waals surface area (Å²) in [7, 11) is 0. The molecular weight excluding hydrogens is 216 g/mol. The Hall–Kier alpha value is -0.610. The molecule has 1 heterocycles. The highest BCUT2D eigenvalue weighted by molar-refractivity contribution is 5.77. The van der Waals surface area contributed by atoms with E-state index >= 15 is 0 Å². The minimum atomic E-state index is -0.604. The second-order valence-electron chi connectivity index (χ2n) is 5.45. The fraction of sp³-hybridized carbons (Fsp3) is 0.923. The monoisotopic (exact) mass is 242 g/mol. The van der Waals surface area contributed by atoms with Gasteiger partial charge in [0.05, 0.1) is 18.7 Å². The van der Waals surface area contributed by atoms with E-state index in [-0.39, 0.29) is 5.91 Å². The first-order valence-electron chi connectivity index (χ1n) is 6.71. The standard InChI is InChI=1S/C13H26N2O2/c1-3-7-13(17)9-15(10-13)12(16)5-4-11(2)6-8-14/h11,17H,3-10,14H2,1-2H3. The molecule has 0 saturated carbocycles. The first kappa shape index (κ1) is 14.5. The van der Waals surface area contributed by atoms with E-state index in [9.17, 15) is 9.90 Å². The minimum Gasteiger partial charge on any atom is -0.386 e. The lowest BCUT2D eigenvalue weighted by molar-refractivity contribution is -0.156. The number of likely N-dealkylation sites (tertiary alicyclic amines) is 1. The van der Waals surface area contributed by atoms with Crippen molar-refractivity contribution in [2.45, 2.75) is 51.6 Å². The fourth-order valence-corrected chi connectivity index (χ4v) is 2.42. The van der Waals surface area contributed by atoms with Crippen molar-refractivity contribution in [1.29, 1.82) is 0 Å². The molecule has 4 nitrogen and oxygen atoms in total. The van der Waals surface area contributed by atoms with Gasteiger partial charge in [-0.15, -0.1) is 0 Å². The number of carbonyl (C=O) groups excluding carboxylic acids is 1. The molecule has 0 bridgehead atoms. The third kappa shape index (κ3) is 4.28. The highest BCUT2D eigenvalue weighted by atomic mass is 16.3. The van der Waals surface area contributed by atoms with Crippen molar-refractivity contribution in [2.24, 2.45) is 11.7 Å². The number of rotatable bonds is 7. The van der Waals surface area contributed by atoms with Crippen molar-refractivity contribution in [3.05, 3.63) is 0 Å². The molecule has 0 aromatic rings. The normalized spacial score (nSPS) is 19.9. The first-order valence-corrected chi connectivity index (χ1v) is 6.71. The topological polar surface area (TPSA) is 66.6 Å². The molecule has 0 aromatic heterocycles. The molecule has 1 saturated heterocycles. The summed E-state index contributed by atoms with van der Waals surface area (Å²) >= 11 is 0. The number of aliphatic hydroxyl groups is 1. The number of carbonyl (C=O) groups is 1. The van der Waals surface area contributed by atoms with Crippen LogP contribution in [0.2, 0.25) is 0 Å². The number of hydrogen-bond donors (Lipinski definition) is 2. The maximum Gasteiger partial charge on any atom is 0.222 e. The van der Waals surface area contributed by atoms with E-state index < -0.39 is 5.60 Å². The average molecular weight is 242 g/mol. The van der Waals surface area contributed by atoms with Crippen LogP contribution in [0.3, 0.4) is 0 Å². The van der Waals surface area contributed by atoms with Crippen LogP contribution in [-0.4, -0.2) is 41.1 Å². The van der Waals surface area contributed by atoms with Gasteiger partial charge in [-0.1, -0.05) is 20.3 Å².